The molecule has 0 bridgehead atoms. The molecule has 1 aromatic heterocycles. The fourth-order valence-electron chi connectivity index (χ4n) is 2.59. The third-order valence-electron chi connectivity index (χ3n) is 3.91. The van der Waals surface area contributed by atoms with Crippen LogP contribution in [-0.2, 0) is 0 Å². The van der Waals surface area contributed by atoms with Gasteiger partial charge in [0.25, 0.3) is 0 Å². The minimum Gasteiger partial charge on any atom is -0.478 e. The van der Waals surface area contributed by atoms with Crippen LogP contribution < -0.4 is 5.01 Å². The third kappa shape index (κ3) is 4.96. The van der Waals surface area contributed by atoms with Crippen LogP contribution in [0.1, 0.15) is 29.3 Å². The molecule has 0 spiro atoms. The highest BCUT2D eigenvalue weighted by Gasteiger charge is 2.18. The first-order valence-corrected chi connectivity index (χ1v) is 9.85. The third-order valence-corrected chi connectivity index (χ3v) is 5.00. The van der Waals surface area contributed by atoms with Crippen molar-refractivity contribution < 1.29 is 18.7 Å². The Morgan fingerprint density at radius 2 is 2.10 bits per heavy atom. The molecule has 0 amide bonds. The smallest absolute Gasteiger partial charge is 0.336 e. The molecular formula is C20H16ClF2N3O2S. The first-order chi connectivity index (χ1) is 13.9. The molecule has 3 aromatic rings. The second-order valence-corrected chi connectivity index (χ2v) is 7.40. The number of rotatable bonds is 7. The summed E-state index contributed by atoms with van der Waals surface area (Å²) in [5.41, 5.74) is 0.726. The normalized spacial score (nSPS) is 11.2. The second kappa shape index (κ2) is 9.11. The van der Waals surface area contributed by atoms with Gasteiger partial charge in [0.05, 0.1) is 11.8 Å². The maximum absolute atomic E-state index is 14.5. The van der Waals surface area contributed by atoms with E-state index in [9.17, 15) is 18.7 Å². The molecule has 0 aliphatic carbocycles. The molecule has 0 saturated heterocycles. The van der Waals surface area contributed by atoms with E-state index in [0.717, 1.165) is 23.5 Å². The molecule has 5 nitrogen and oxygen atoms in total. The predicted molar refractivity (Wildman–Crippen MR) is 111 cm³/mol. The first kappa shape index (κ1) is 20.9. The van der Waals surface area contributed by atoms with Gasteiger partial charge in [0, 0.05) is 22.7 Å². The highest BCUT2D eigenvalue weighted by atomic mass is 35.5. The summed E-state index contributed by atoms with van der Waals surface area (Å²) < 4.78 is 27.9. The molecule has 150 valence electrons. The molecule has 0 fully saturated rings. The molecule has 0 radical (unpaired) electrons. The number of hydrogen-bond donors (Lipinski definition) is 1. The zero-order chi connectivity index (χ0) is 21.0. The van der Waals surface area contributed by atoms with Gasteiger partial charge < -0.3 is 5.11 Å². The fourth-order valence-corrected chi connectivity index (χ4v) is 3.58. The predicted octanol–water partition coefficient (Wildman–Crippen LogP) is 5.69. The zero-order valence-electron chi connectivity index (χ0n) is 15.3. The van der Waals surface area contributed by atoms with Gasteiger partial charge in [-0.15, -0.1) is 0 Å². The number of anilines is 1. The van der Waals surface area contributed by atoms with Crippen molar-refractivity contribution in [3.8, 4) is 11.3 Å². The lowest BCUT2D eigenvalue weighted by Gasteiger charge is -2.14. The Kier molecular flexibility index (Phi) is 6.56. The molecule has 1 heterocycles. The number of carboxylic acid groups (broad SMARTS) is 1. The van der Waals surface area contributed by atoms with Gasteiger partial charge in [-0.2, -0.15) is 9.49 Å². The zero-order valence-corrected chi connectivity index (χ0v) is 16.8. The molecule has 0 saturated carbocycles. The number of aromatic carboxylic acids is 1. The quantitative estimate of drug-likeness (QED) is 0.382. The summed E-state index contributed by atoms with van der Waals surface area (Å²) in [6.45, 7) is 2.35. The van der Waals surface area contributed by atoms with Crippen LogP contribution in [0.4, 0.5) is 13.9 Å². The molecule has 2 aromatic carbocycles. The number of hydrazone groups is 1. The Balaban J connectivity index is 1.94. The molecule has 0 aliphatic rings. The molecule has 0 unspecified atom stereocenters. The SMILES string of the molecule is CCCN(/N=C/c1ccc(F)cc1C(=O)O)c1nc(-c2cccc(Cl)c2)c(F)s1. The molecule has 3 rings (SSSR count). The molecule has 9 heteroatoms. The van der Waals surface area contributed by atoms with E-state index in [-0.39, 0.29) is 16.8 Å². The molecule has 0 aliphatic heterocycles. The van der Waals surface area contributed by atoms with Crippen LogP contribution in [-0.4, -0.2) is 28.8 Å². The Hall–Kier alpha value is -2.84. The summed E-state index contributed by atoms with van der Waals surface area (Å²) in [5.74, 6) is -1.92. The van der Waals surface area contributed by atoms with E-state index >= 15 is 0 Å². The van der Waals surface area contributed by atoms with Crippen molar-refractivity contribution in [1.82, 2.24) is 4.98 Å². The van der Waals surface area contributed by atoms with E-state index in [0.29, 0.717) is 28.7 Å². The van der Waals surface area contributed by atoms with Crippen molar-refractivity contribution >= 4 is 40.3 Å². The number of benzene rings is 2. The average Bonchev–Trinajstić information content (AvgIpc) is 3.07. The van der Waals surface area contributed by atoms with Crippen LogP contribution in [0.3, 0.4) is 0 Å². The van der Waals surface area contributed by atoms with Gasteiger partial charge in [0.15, 0.2) is 0 Å². The Morgan fingerprint density at radius 3 is 2.79 bits per heavy atom. The van der Waals surface area contributed by atoms with Crippen LogP contribution in [0.2, 0.25) is 5.02 Å². The van der Waals surface area contributed by atoms with Crippen LogP contribution in [0.25, 0.3) is 11.3 Å². The topological polar surface area (TPSA) is 65.8 Å². The number of aromatic nitrogens is 1. The number of nitrogens with zero attached hydrogens (tertiary/aromatic N) is 3. The van der Waals surface area contributed by atoms with Gasteiger partial charge in [0.1, 0.15) is 11.5 Å². The summed E-state index contributed by atoms with van der Waals surface area (Å²) in [6.07, 6.45) is 2.00. The van der Waals surface area contributed by atoms with E-state index in [4.69, 9.17) is 11.6 Å². The van der Waals surface area contributed by atoms with E-state index in [2.05, 4.69) is 10.1 Å². The largest absolute Gasteiger partial charge is 0.478 e. The van der Waals surface area contributed by atoms with E-state index in [1.165, 1.54) is 17.3 Å². The second-order valence-electron chi connectivity index (χ2n) is 6.03. The molecule has 1 N–H and O–H groups in total. The van der Waals surface area contributed by atoms with Crippen molar-refractivity contribution in [3.05, 3.63) is 69.6 Å². The molecule has 29 heavy (non-hydrogen) atoms. The van der Waals surface area contributed by atoms with Crippen molar-refractivity contribution in [3.63, 3.8) is 0 Å². The van der Waals surface area contributed by atoms with Crippen molar-refractivity contribution in [2.75, 3.05) is 11.6 Å². The standard InChI is InChI=1S/C20H16ClF2N3O2S/c1-2-8-26(24-11-13-6-7-15(22)10-16(13)19(27)28)20-25-17(18(23)29-20)12-4-3-5-14(21)9-12/h3-7,9-11H,2,8H2,1H3,(H,27,28)/b24-11+. The van der Waals surface area contributed by atoms with Gasteiger partial charge in [-0.25, -0.2) is 19.2 Å². The Morgan fingerprint density at radius 1 is 1.31 bits per heavy atom. The van der Waals surface area contributed by atoms with Crippen molar-refractivity contribution in [2.45, 2.75) is 13.3 Å². The first-order valence-electron chi connectivity index (χ1n) is 8.65. The lowest BCUT2D eigenvalue weighted by molar-refractivity contribution is 0.0696. The number of carboxylic acids is 1. The minimum absolute atomic E-state index is 0.164. The van der Waals surface area contributed by atoms with Gasteiger partial charge in [-0.3, -0.25) is 0 Å². The Labute approximate surface area is 174 Å². The summed E-state index contributed by atoms with van der Waals surface area (Å²) in [7, 11) is 0. The van der Waals surface area contributed by atoms with Gasteiger partial charge in [-0.1, -0.05) is 42.0 Å². The molecular weight excluding hydrogens is 420 g/mol. The number of thiazole rings is 1. The van der Waals surface area contributed by atoms with Crippen LogP contribution in [0.15, 0.2) is 47.6 Å². The average molecular weight is 436 g/mol. The minimum atomic E-state index is -1.27. The maximum atomic E-state index is 14.5. The van der Waals surface area contributed by atoms with Crippen molar-refractivity contribution in [2.24, 2.45) is 5.10 Å². The lowest BCUT2D eigenvalue weighted by atomic mass is 10.1. The Bertz CT molecular complexity index is 1070. The number of hydrogen-bond acceptors (Lipinski definition) is 5. The summed E-state index contributed by atoms with van der Waals surface area (Å²) in [5, 5.41) is 15.3. The highest BCUT2D eigenvalue weighted by Crippen LogP contribution is 2.33. The van der Waals surface area contributed by atoms with E-state index < -0.39 is 16.9 Å². The van der Waals surface area contributed by atoms with E-state index in [1.54, 1.807) is 24.3 Å². The lowest BCUT2D eigenvalue weighted by Crippen LogP contribution is -2.17. The summed E-state index contributed by atoms with van der Waals surface area (Å²) >= 11 is 6.81. The molecule has 0 atom stereocenters. The van der Waals surface area contributed by atoms with Crippen molar-refractivity contribution in [1.29, 1.82) is 0 Å². The number of carbonyl (C=O) groups is 1. The number of halogens is 3. The van der Waals surface area contributed by atoms with Crippen LogP contribution >= 0.6 is 22.9 Å². The van der Waals surface area contributed by atoms with Gasteiger partial charge in [-0.05, 0) is 36.8 Å². The van der Waals surface area contributed by atoms with E-state index in [1.807, 2.05) is 6.92 Å². The maximum Gasteiger partial charge on any atom is 0.336 e. The highest BCUT2D eigenvalue weighted by molar-refractivity contribution is 7.14. The summed E-state index contributed by atoms with van der Waals surface area (Å²) in [4.78, 5) is 15.7. The summed E-state index contributed by atoms with van der Waals surface area (Å²) in [6, 6.07) is 10.1. The fraction of sp³-hybridized carbons (Fsp3) is 0.150. The van der Waals surface area contributed by atoms with Gasteiger partial charge >= 0.3 is 5.97 Å². The van der Waals surface area contributed by atoms with Gasteiger partial charge in [0.2, 0.25) is 10.3 Å². The van der Waals surface area contributed by atoms with Crippen LogP contribution in [0.5, 0.6) is 0 Å². The monoisotopic (exact) mass is 435 g/mol. The van der Waals surface area contributed by atoms with Crippen LogP contribution in [0, 0.1) is 10.9 Å².